The lowest BCUT2D eigenvalue weighted by molar-refractivity contribution is 0.00578. The van der Waals surface area contributed by atoms with E-state index in [9.17, 15) is 9.90 Å². The normalized spacial score (nSPS) is 21.3. The molecule has 0 bridgehead atoms. The van der Waals surface area contributed by atoms with E-state index < -0.39 is 29.9 Å². The molecule has 0 aliphatic carbocycles. The van der Waals surface area contributed by atoms with Gasteiger partial charge in [-0.25, -0.2) is 4.79 Å². The Morgan fingerprint density at radius 3 is 1.88 bits per heavy atom. The first-order valence-corrected chi connectivity index (χ1v) is 9.12. The summed E-state index contributed by atoms with van der Waals surface area (Å²) in [6, 6.07) is 9.61. The molecule has 144 valence electrons. The van der Waals surface area contributed by atoms with Crippen LogP contribution in [0.3, 0.4) is 0 Å². The van der Waals surface area contributed by atoms with Crippen LogP contribution in [0.15, 0.2) is 30.3 Å². The quantitative estimate of drug-likeness (QED) is 0.799. The molecule has 5 nitrogen and oxygen atoms in total. The molecule has 1 N–H and O–H groups in total. The third kappa shape index (κ3) is 3.76. The summed E-state index contributed by atoms with van der Waals surface area (Å²) >= 11 is 0. The van der Waals surface area contributed by atoms with Gasteiger partial charge in [-0.15, -0.1) is 0 Å². The van der Waals surface area contributed by atoms with Gasteiger partial charge in [0, 0.05) is 6.54 Å². The highest BCUT2D eigenvalue weighted by molar-refractivity contribution is 6.49. The Balaban J connectivity index is 2.59. The van der Waals surface area contributed by atoms with E-state index in [0.717, 1.165) is 5.56 Å². The SMILES string of the molecule is CC(C)(C)CN(C(=O)O)[C@@](C)(B1OC(C)(C)C(C)(C)O1)c1ccccc1. The predicted octanol–water partition coefficient (Wildman–Crippen LogP) is 4.56. The lowest BCUT2D eigenvalue weighted by Crippen LogP contribution is -2.59. The first kappa shape index (κ1) is 20.8. The monoisotopic (exact) mass is 361 g/mol. The summed E-state index contributed by atoms with van der Waals surface area (Å²) < 4.78 is 12.6. The van der Waals surface area contributed by atoms with Crippen molar-refractivity contribution in [2.75, 3.05) is 6.54 Å². The number of hydrogen-bond donors (Lipinski definition) is 1. The zero-order valence-electron chi connectivity index (χ0n) is 17.3. The molecule has 1 aromatic rings. The van der Waals surface area contributed by atoms with Crippen molar-refractivity contribution in [3.05, 3.63) is 35.9 Å². The summed E-state index contributed by atoms with van der Waals surface area (Å²) in [4.78, 5) is 13.8. The first-order chi connectivity index (χ1) is 11.7. The van der Waals surface area contributed by atoms with Crippen LogP contribution in [0.1, 0.15) is 61.0 Å². The topological polar surface area (TPSA) is 59.0 Å². The summed E-state index contributed by atoms with van der Waals surface area (Å²) in [5.74, 6) is 0. The van der Waals surface area contributed by atoms with Crippen LogP contribution < -0.4 is 0 Å². The van der Waals surface area contributed by atoms with Gasteiger partial charge < -0.3 is 14.4 Å². The van der Waals surface area contributed by atoms with E-state index in [1.54, 1.807) is 0 Å². The molecule has 0 aromatic heterocycles. The number of carboxylic acid groups (broad SMARTS) is 1. The van der Waals surface area contributed by atoms with Gasteiger partial charge in [-0.2, -0.15) is 0 Å². The lowest BCUT2D eigenvalue weighted by Gasteiger charge is -2.43. The predicted molar refractivity (Wildman–Crippen MR) is 104 cm³/mol. The molecule has 6 heteroatoms. The van der Waals surface area contributed by atoms with Gasteiger partial charge in [0.1, 0.15) is 5.44 Å². The Labute approximate surface area is 157 Å². The molecule has 26 heavy (non-hydrogen) atoms. The largest absolute Gasteiger partial charge is 0.490 e. The minimum atomic E-state index is -0.985. The maximum absolute atomic E-state index is 12.3. The van der Waals surface area contributed by atoms with Gasteiger partial charge in [-0.05, 0) is 45.6 Å². The molecule has 1 heterocycles. The molecule has 0 unspecified atom stereocenters. The molecule has 0 spiro atoms. The molecule has 0 radical (unpaired) electrons. The molecule has 1 aliphatic rings. The van der Waals surface area contributed by atoms with Crippen molar-refractivity contribution in [1.82, 2.24) is 4.90 Å². The maximum Gasteiger partial charge on any atom is 0.490 e. The summed E-state index contributed by atoms with van der Waals surface area (Å²) in [5, 5.41) is 10.1. The van der Waals surface area contributed by atoms with Gasteiger partial charge in [-0.3, -0.25) is 4.90 Å². The van der Waals surface area contributed by atoms with E-state index in [1.165, 1.54) is 4.90 Å². The fraction of sp³-hybridized carbons (Fsp3) is 0.650. The van der Waals surface area contributed by atoms with Crippen molar-refractivity contribution in [1.29, 1.82) is 0 Å². The molecule has 1 aromatic carbocycles. The van der Waals surface area contributed by atoms with Crippen LogP contribution in [-0.2, 0) is 14.7 Å². The van der Waals surface area contributed by atoms with Crippen LogP contribution >= 0.6 is 0 Å². The number of nitrogens with zero attached hydrogens (tertiary/aromatic N) is 1. The second-order valence-electron chi connectivity index (χ2n) is 9.53. The highest BCUT2D eigenvalue weighted by Gasteiger charge is 2.61. The Morgan fingerprint density at radius 2 is 1.50 bits per heavy atom. The van der Waals surface area contributed by atoms with Crippen LogP contribution in [0.2, 0.25) is 0 Å². The van der Waals surface area contributed by atoms with Crippen LogP contribution in [0, 0.1) is 5.41 Å². The average molecular weight is 361 g/mol. The van der Waals surface area contributed by atoms with E-state index in [1.807, 2.05) is 85.7 Å². The second kappa shape index (κ2) is 6.57. The van der Waals surface area contributed by atoms with E-state index in [-0.39, 0.29) is 5.41 Å². The van der Waals surface area contributed by atoms with E-state index in [2.05, 4.69) is 0 Å². The molecular weight excluding hydrogens is 329 g/mol. The van der Waals surface area contributed by atoms with Crippen LogP contribution in [0.5, 0.6) is 0 Å². The van der Waals surface area contributed by atoms with Gasteiger partial charge in [0.05, 0.1) is 11.2 Å². The fourth-order valence-electron chi connectivity index (χ4n) is 3.17. The van der Waals surface area contributed by atoms with Crippen molar-refractivity contribution < 1.29 is 19.2 Å². The number of benzene rings is 1. The number of carbonyl (C=O) groups is 1. The van der Waals surface area contributed by atoms with Crippen molar-refractivity contribution in [3.63, 3.8) is 0 Å². The van der Waals surface area contributed by atoms with Gasteiger partial charge in [0.2, 0.25) is 0 Å². The summed E-state index contributed by atoms with van der Waals surface area (Å²) in [5.41, 5.74) is -1.42. The maximum atomic E-state index is 12.3. The number of rotatable bonds is 4. The fourth-order valence-corrected chi connectivity index (χ4v) is 3.17. The minimum Gasteiger partial charge on any atom is -0.465 e. The molecule has 1 amide bonds. The third-order valence-corrected chi connectivity index (χ3v) is 5.49. The molecule has 1 fully saturated rings. The Hall–Kier alpha value is -1.53. The first-order valence-electron chi connectivity index (χ1n) is 9.12. The van der Waals surface area contributed by atoms with E-state index in [4.69, 9.17) is 9.31 Å². The third-order valence-electron chi connectivity index (χ3n) is 5.49. The summed E-state index contributed by atoms with van der Waals surface area (Å²) in [6.45, 7) is 16.2. The highest BCUT2D eigenvalue weighted by Crippen LogP contribution is 2.45. The molecule has 2 rings (SSSR count). The molecule has 1 aliphatic heterocycles. The van der Waals surface area contributed by atoms with Crippen LogP contribution in [0.4, 0.5) is 4.79 Å². The zero-order valence-corrected chi connectivity index (χ0v) is 17.3. The van der Waals surface area contributed by atoms with E-state index in [0.29, 0.717) is 6.54 Å². The summed E-state index contributed by atoms with van der Waals surface area (Å²) in [7, 11) is -0.714. The van der Waals surface area contributed by atoms with Crippen molar-refractivity contribution in [3.8, 4) is 0 Å². The van der Waals surface area contributed by atoms with Gasteiger partial charge in [0.15, 0.2) is 0 Å². The smallest absolute Gasteiger partial charge is 0.465 e. The average Bonchev–Trinajstić information content (AvgIpc) is 2.72. The minimum absolute atomic E-state index is 0.210. The van der Waals surface area contributed by atoms with Gasteiger partial charge in [0.25, 0.3) is 0 Å². The van der Waals surface area contributed by atoms with Gasteiger partial charge in [-0.1, -0.05) is 51.1 Å². The van der Waals surface area contributed by atoms with Crippen molar-refractivity contribution >= 4 is 13.2 Å². The second-order valence-corrected chi connectivity index (χ2v) is 9.53. The summed E-state index contributed by atoms with van der Waals surface area (Å²) in [6.07, 6.45) is -0.985. The van der Waals surface area contributed by atoms with Gasteiger partial charge >= 0.3 is 13.2 Å². The molecule has 1 atom stereocenters. The number of hydrogen-bond acceptors (Lipinski definition) is 3. The van der Waals surface area contributed by atoms with Crippen molar-refractivity contribution in [2.24, 2.45) is 5.41 Å². The van der Waals surface area contributed by atoms with Crippen molar-refractivity contribution in [2.45, 2.75) is 72.0 Å². The standard InChI is InChI=1S/C20H32BNO4/c1-17(2,3)14-22(16(23)24)20(8,15-12-10-9-11-13-15)21-25-18(4,5)19(6,7)26-21/h9-13H,14H2,1-8H3,(H,23,24)/t20-/m1/s1. The highest BCUT2D eigenvalue weighted by atomic mass is 16.7. The Morgan fingerprint density at radius 1 is 1.04 bits per heavy atom. The van der Waals surface area contributed by atoms with E-state index >= 15 is 0 Å². The Kier molecular flexibility index (Phi) is 5.25. The molecule has 0 saturated carbocycles. The van der Waals surface area contributed by atoms with Crippen LogP contribution in [0.25, 0.3) is 0 Å². The zero-order chi connectivity index (χ0) is 20.0. The lowest BCUT2D eigenvalue weighted by atomic mass is 9.60. The molecule has 1 saturated heterocycles. The van der Waals surface area contributed by atoms with Crippen LogP contribution in [-0.4, -0.2) is 41.0 Å². The number of amides is 1. The molecular formula is C20H32BNO4. The Bertz CT molecular complexity index is 638.